The summed E-state index contributed by atoms with van der Waals surface area (Å²) in [6, 6.07) is 19.6. The molecule has 0 aliphatic carbocycles. The fraction of sp³-hybridized carbons (Fsp3) is 0.103. The van der Waals surface area contributed by atoms with E-state index in [0.717, 1.165) is 11.6 Å². The lowest BCUT2D eigenvalue weighted by Gasteiger charge is -2.18. The Bertz CT molecular complexity index is 1890. The van der Waals surface area contributed by atoms with Crippen LogP contribution in [-0.4, -0.2) is 39.6 Å². The number of rotatable bonds is 6. The molecule has 0 spiro atoms. The number of hydrogen-bond donors (Lipinski definition) is 2. The quantitative estimate of drug-likeness (QED) is 0.324. The lowest BCUT2D eigenvalue weighted by molar-refractivity contribution is 0.469. The van der Waals surface area contributed by atoms with E-state index < -0.39 is 11.9 Å². The maximum absolute atomic E-state index is 14.2. The number of hydrogen-bond acceptors (Lipinski definition) is 8. The number of nitrogens with zero attached hydrogens (tertiary/aromatic N) is 7. The summed E-state index contributed by atoms with van der Waals surface area (Å²) in [7, 11) is 0. The third-order valence-corrected chi connectivity index (χ3v) is 6.60. The highest BCUT2D eigenvalue weighted by Gasteiger charge is 2.25. The molecule has 1 atom stereocenters. The molecule has 3 N–H and O–H groups in total. The second kappa shape index (κ2) is 10.0. The molecule has 0 bridgehead atoms. The van der Waals surface area contributed by atoms with Gasteiger partial charge in [-0.05, 0) is 31.2 Å². The Labute approximate surface area is 227 Å². The number of anilines is 1. The molecule has 0 radical (unpaired) electrons. The van der Waals surface area contributed by atoms with Crippen LogP contribution in [0.1, 0.15) is 24.2 Å². The molecule has 0 saturated carbocycles. The minimum Gasteiger partial charge on any atom is -0.508 e. The van der Waals surface area contributed by atoms with E-state index in [0.29, 0.717) is 39.2 Å². The van der Waals surface area contributed by atoms with Gasteiger partial charge in [-0.1, -0.05) is 36.4 Å². The molecule has 6 rings (SSSR count). The molecule has 2 aromatic carbocycles. The van der Waals surface area contributed by atoms with Gasteiger partial charge in [0.15, 0.2) is 5.65 Å². The smallest absolute Gasteiger partial charge is 0.267 e. The highest BCUT2D eigenvalue weighted by atomic mass is 19.1. The molecule has 4 aromatic heterocycles. The molecule has 198 valence electrons. The van der Waals surface area contributed by atoms with E-state index in [2.05, 4.69) is 15.0 Å². The Kier molecular flexibility index (Phi) is 6.23. The normalized spacial score (nSPS) is 12.1. The van der Waals surface area contributed by atoms with Gasteiger partial charge in [-0.15, -0.1) is 0 Å². The number of pyridine rings is 1. The van der Waals surface area contributed by atoms with Crippen molar-refractivity contribution in [3.05, 3.63) is 113 Å². The minimum atomic E-state index is -0.631. The van der Waals surface area contributed by atoms with Crippen LogP contribution < -0.4 is 11.3 Å². The van der Waals surface area contributed by atoms with Crippen LogP contribution in [0.5, 0.6) is 5.75 Å². The first kappa shape index (κ1) is 24.9. The number of fused-ring (bicyclic) bond motifs is 1. The highest BCUT2D eigenvalue weighted by molar-refractivity contribution is 5.98. The first-order valence-electron chi connectivity index (χ1n) is 12.4. The number of aromatic hydroxyl groups is 1. The van der Waals surface area contributed by atoms with Crippen molar-refractivity contribution in [1.29, 1.82) is 0 Å². The Hall–Kier alpha value is -5.45. The van der Waals surface area contributed by atoms with Gasteiger partial charge in [0.1, 0.15) is 29.4 Å². The van der Waals surface area contributed by atoms with Crippen LogP contribution in [-0.2, 0) is 6.54 Å². The van der Waals surface area contributed by atoms with Gasteiger partial charge in [0.2, 0.25) is 0 Å². The maximum atomic E-state index is 14.2. The molecular formula is C29H23FN8O2. The van der Waals surface area contributed by atoms with E-state index in [1.165, 1.54) is 29.2 Å². The monoisotopic (exact) mass is 534 g/mol. The van der Waals surface area contributed by atoms with Gasteiger partial charge in [0, 0.05) is 35.0 Å². The molecule has 6 aromatic rings. The minimum absolute atomic E-state index is 0.148. The highest BCUT2D eigenvalue weighted by Crippen LogP contribution is 2.36. The Morgan fingerprint density at radius 2 is 1.73 bits per heavy atom. The van der Waals surface area contributed by atoms with Crippen molar-refractivity contribution in [3.63, 3.8) is 0 Å². The van der Waals surface area contributed by atoms with E-state index in [-0.39, 0.29) is 23.7 Å². The van der Waals surface area contributed by atoms with E-state index in [9.17, 15) is 14.3 Å². The van der Waals surface area contributed by atoms with E-state index >= 15 is 0 Å². The second-order valence-electron chi connectivity index (χ2n) is 9.26. The van der Waals surface area contributed by atoms with Gasteiger partial charge in [-0.3, -0.25) is 9.78 Å². The summed E-state index contributed by atoms with van der Waals surface area (Å²) in [6.45, 7) is 2.07. The van der Waals surface area contributed by atoms with Crippen LogP contribution in [0, 0.1) is 5.82 Å². The summed E-state index contributed by atoms with van der Waals surface area (Å²) >= 11 is 0. The summed E-state index contributed by atoms with van der Waals surface area (Å²) in [4.78, 5) is 26.2. The Morgan fingerprint density at radius 3 is 2.48 bits per heavy atom. The number of aromatic nitrogens is 7. The number of halogens is 1. The topological polar surface area (TPSA) is 138 Å². The predicted octanol–water partition coefficient (Wildman–Crippen LogP) is 4.20. The molecule has 4 heterocycles. The number of nitrogens with two attached hydrogens (primary N) is 1. The molecule has 40 heavy (non-hydrogen) atoms. The average molecular weight is 535 g/mol. The van der Waals surface area contributed by atoms with Crippen molar-refractivity contribution in [3.8, 4) is 28.3 Å². The van der Waals surface area contributed by atoms with Gasteiger partial charge in [-0.25, -0.2) is 23.7 Å². The van der Waals surface area contributed by atoms with Gasteiger partial charge in [-0.2, -0.15) is 10.2 Å². The van der Waals surface area contributed by atoms with Crippen LogP contribution >= 0.6 is 0 Å². The third-order valence-electron chi connectivity index (χ3n) is 6.60. The van der Waals surface area contributed by atoms with Crippen LogP contribution in [0.25, 0.3) is 33.5 Å². The summed E-state index contributed by atoms with van der Waals surface area (Å²) in [5.41, 5.74) is 9.60. The number of benzene rings is 2. The zero-order chi connectivity index (χ0) is 27.8. The Morgan fingerprint density at radius 1 is 0.925 bits per heavy atom. The molecule has 0 aliphatic rings. The van der Waals surface area contributed by atoms with Crippen LogP contribution in [0.4, 0.5) is 10.2 Å². The van der Waals surface area contributed by atoms with Crippen molar-refractivity contribution in [2.45, 2.75) is 19.5 Å². The zero-order valence-electron chi connectivity index (χ0n) is 21.3. The fourth-order valence-electron chi connectivity index (χ4n) is 4.71. The molecule has 0 saturated heterocycles. The van der Waals surface area contributed by atoms with E-state index in [1.807, 2.05) is 55.5 Å². The summed E-state index contributed by atoms with van der Waals surface area (Å²) in [6.07, 6.45) is 2.98. The van der Waals surface area contributed by atoms with Crippen molar-refractivity contribution in [2.24, 2.45) is 0 Å². The number of nitrogen functional groups attached to an aromatic ring is 1. The van der Waals surface area contributed by atoms with Gasteiger partial charge in [0.05, 0.1) is 29.4 Å². The predicted molar refractivity (Wildman–Crippen MR) is 148 cm³/mol. The van der Waals surface area contributed by atoms with Gasteiger partial charge >= 0.3 is 0 Å². The van der Waals surface area contributed by atoms with Crippen molar-refractivity contribution >= 4 is 16.9 Å². The molecule has 10 nitrogen and oxygen atoms in total. The summed E-state index contributed by atoms with van der Waals surface area (Å²) in [5, 5.41) is 19.9. The van der Waals surface area contributed by atoms with Gasteiger partial charge in [0.25, 0.3) is 5.56 Å². The molecule has 0 aliphatic heterocycles. The molecule has 0 amide bonds. The first-order valence-corrected chi connectivity index (χ1v) is 12.4. The fourth-order valence-corrected chi connectivity index (χ4v) is 4.71. The summed E-state index contributed by atoms with van der Waals surface area (Å²) in [5.74, 6) is -0.740. The molecule has 1 unspecified atom stereocenters. The molecule has 11 heteroatoms. The second-order valence-corrected chi connectivity index (χ2v) is 9.26. The first-order chi connectivity index (χ1) is 19.4. The average Bonchev–Trinajstić information content (AvgIpc) is 3.35. The maximum Gasteiger partial charge on any atom is 0.267 e. The van der Waals surface area contributed by atoms with Crippen LogP contribution in [0.2, 0.25) is 0 Å². The summed E-state index contributed by atoms with van der Waals surface area (Å²) < 4.78 is 17.2. The lowest BCUT2D eigenvalue weighted by atomic mass is 10.0. The zero-order valence-corrected chi connectivity index (χ0v) is 21.3. The van der Waals surface area contributed by atoms with Crippen molar-refractivity contribution in [2.75, 3.05) is 5.73 Å². The van der Waals surface area contributed by atoms with Crippen molar-refractivity contribution < 1.29 is 9.50 Å². The number of phenols is 1. The largest absolute Gasteiger partial charge is 0.508 e. The van der Waals surface area contributed by atoms with E-state index in [4.69, 9.17) is 15.9 Å². The third kappa shape index (κ3) is 4.53. The SMILES string of the molecule is CC(c1cc(=O)n(Cc2ccccn2)nc1-c1ccccc1)n1nc(-c2cc(O)cc(F)c2)c2c(N)ncnc21. The van der Waals surface area contributed by atoms with Crippen molar-refractivity contribution in [1.82, 2.24) is 34.5 Å². The van der Waals surface area contributed by atoms with Crippen LogP contribution in [0.3, 0.4) is 0 Å². The molecular weight excluding hydrogens is 511 g/mol. The van der Waals surface area contributed by atoms with Gasteiger partial charge < -0.3 is 10.8 Å². The Balaban J connectivity index is 1.54. The number of phenolic OH excluding ortho intramolecular Hbond substituents is 1. The lowest BCUT2D eigenvalue weighted by Crippen LogP contribution is -2.26. The molecule has 0 fully saturated rings. The van der Waals surface area contributed by atoms with E-state index in [1.54, 1.807) is 10.9 Å². The standard InChI is InChI=1S/C29H23FN8O2/c1-17(38-29-25(28(31)33-16-34-29)27(36-38)19-11-20(30)13-22(39)12-19)23-14-24(40)37(15-21-9-5-6-10-32-21)35-26(23)18-7-3-2-4-8-18/h2-14,16-17,39H,15H2,1H3,(H2,31,33,34). The van der Waals surface area contributed by atoms with Crippen LogP contribution in [0.15, 0.2) is 90.1 Å².